The van der Waals surface area contributed by atoms with Gasteiger partial charge in [-0.3, -0.25) is 4.79 Å². The van der Waals surface area contributed by atoms with Crippen molar-refractivity contribution < 1.29 is 13.2 Å². The fraction of sp³-hybridized carbons (Fsp3) is 0.900. The van der Waals surface area contributed by atoms with E-state index in [1.807, 2.05) is 0 Å². The first kappa shape index (κ1) is 14.4. The first-order valence-corrected chi connectivity index (χ1v) is 7.76. The van der Waals surface area contributed by atoms with Gasteiger partial charge in [-0.2, -0.15) is 0 Å². The molecule has 2 unspecified atom stereocenters. The molecule has 0 aromatic carbocycles. The molecule has 1 heterocycles. The van der Waals surface area contributed by atoms with Crippen molar-refractivity contribution in [1.82, 2.24) is 15.4 Å². The molecule has 1 saturated heterocycles. The minimum absolute atomic E-state index is 0.0492. The highest BCUT2D eigenvalue weighted by Crippen LogP contribution is 2.11. The van der Waals surface area contributed by atoms with Crippen molar-refractivity contribution in [1.29, 1.82) is 0 Å². The molecule has 0 aromatic rings. The Morgan fingerprint density at radius 2 is 2.06 bits per heavy atom. The smallest absolute Gasteiger partial charge is 0.237 e. The zero-order valence-electron chi connectivity index (χ0n) is 10.3. The highest BCUT2D eigenvalue weighted by molar-refractivity contribution is 7.88. The normalized spacial score (nSPS) is 25.5. The molecule has 17 heavy (non-hydrogen) atoms. The molecule has 1 aliphatic heterocycles. The molecule has 1 rings (SSSR count). The van der Waals surface area contributed by atoms with Gasteiger partial charge in [0.15, 0.2) is 0 Å². The third-order valence-electron chi connectivity index (χ3n) is 2.72. The van der Waals surface area contributed by atoms with Gasteiger partial charge >= 0.3 is 0 Å². The SMILES string of the molecule is CC1CCCC(C(=O)NCCNS(C)(=O)=O)N1. The number of piperidine rings is 1. The number of rotatable bonds is 5. The topological polar surface area (TPSA) is 87.3 Å². The van der Waals surface area contributed by atoms with Crippen molar-refractivity contribution >= 4 is 15.9 Å². The molecular weight excluding hydrogens is 242 g/mol. The van der Waals surface area contributed by atoms with Crippen LogP contribution in [0.3, 0.4) is 0 Å². The molecular formula is C10H21N3O3S. The van der Waals surface area contributed by atoms with Gasteiger partial charge in [-0.1, -0.05) is 0 Å². The van der Waals surface area contributed by atoms with Crippen LogP contribution in [0.15, 0.2) is 0 Å². The summed E-state index contributed by atoms with van der Waals surface area (Å²) in [5.41, 5.74) is 0. The van der Waals surface area contributed by atoms with E-state index < -0.39 is 10.0 Å². The van der Waals surface area contributed by atoms with Gasteiger partial charge in [0.1, 0.15) is 0 Å². The lowest BCUT2D eigenvalue weighted by atomic mass is 9.99. The van der Waals surface area contributed by atoms with E-state index in [-0.39, 0.29) is 18.5 Å². The van der Waals surface area contributed by atoms with E-state index in [4.69, 9.17) is 0 Å². The zero-order chi connectivity index (χ0) is 12.9. The minimum atomic E-state index is -3.17. The monoisotopic (exact) mass is 263 g/mol. The fourth-order valence-electron chi connectivity index (χ4n) is 1.89. The van der Waals surface area contributed by atoms with E-state index in [0.29, 0.717) is 12.6 Å². The zero-order valence-corrected chi connectivity index (χ0v) is 11.1. The van der Waals surface area contributed by atoms with Crippen LogP contribution in [-0.2, 0) is 14.8 Å². The van der Waals surface area contributed by atoms with E-state index in [0.717, 1.165) is 25.5 Å². The molecule has 1 aliphatic rings. The lowest BCUT2D eigenvalue weighted by Crippen LogP contribution is -2.51. The first-order valence-electron chi connectivity index (χ1n) is 5.87. The Labute approximate surface area is 103 Å². The molecule has 0 spiro atoms. The molecule has 0 saturated carbocycles. The summed E-state index contributed by atoms with van der Waals surface area (Å²) >= 11 is 0. The third kappa shape index (κ3) is 5.99. The lowest BCUT2D eigenvalue weighted by molar-refractivity contribution is -0.123. The summed E-state index contributed by atoms with van der Waals surface area (Å²) < 4.78 is 23.9. The highest BCUT2D eigenvalue weighted by atomic mass is 32.2. The van der Waals surface area contributed by atoms with Crippen molar-refractivity contribution in [2.45, 2.75) is 38.3 Å². The Bertz CT molecular complexity index is 356. The van der Waals surface area contributed by atoms with Gasteiger partial charge in [0.2, 0.25) is 15.9 Å². The number of hydrogen-bond donors (Lipinski definition) is 3. The number of carbonyl (C=O) groups excluding carboxylic acids is 1. The largest absolute Gasteiger partial charge is 0.353 e. The summed E-state index contributed by atoms with van der Waals surface area (Å²) in [4.78, 5) is 11.7. The molecule has 2 atom stereocenters. The number of carbonyl (C=O) groups is 1. The Hall–Kier alpha value is -0.660. The van der Waals surface area contributed by atoms with Gasteiger partial charge in [0, 0.05) is 19.1 Å². The minimum Gasteiger partial charge on any atom is -0.353 e. The summed E-state index contributed by atoms with van der Waals surface area (Å²) in [6, 6.07) is 0.227. The highest BCUT2D eigenvalue weighted by Gasteiger charge is 2.23. The summed E-state index contributed by atoms with van der Waals surface area (Å²) in [7, 11) is -3.17. The van der Waals surface area contributed by atoms with Gasteiger partial charge in [0.25, 0.3) is 0 Å². The van der Waals surface area contributed by atoms with E-state index in [2.05, 4.69) is 22.3 Å². The standard InChI is InChI=1S/C10H21N3O3S/c1-8-4-3-5-9(13-8)10(14)11-6-7-12-17(2,15)16/h8-9,12-13H,3-7H2,1-2H3,(H,11,14). The van der Waals surface area contributed by atoms with Crippen LogP contribution in [0.4, 0.5) is 0 Å². The van der Waals surface area contributed by atoms with Crippen molar-refractivity contribution in [2.75, 3.05) is 19.3 Å². The second-order valence-electron chi connectivity index (χ2n) is 4.51. The molecule has 0 radical (unpaired) electrons. The summed E-state index contributed by atoms with van der Waals surface area (Å²) in [5.74, 6) is -0.0492. The lowest BCUT2D eigenvalue weighted by Gasteiger charge is -2.27. The number of amides is 1. The Morgan fingerprint density at radius 3 is 2.65 bits per heavy atom. The van der Waals surface area contributed by atoms with Crippen molar-refractivity contribution in [3.8, 4) is 0 Å². The second kappa shape index (κ2) is 6.32. The Balaban J connectivity index is 2.20. The quantitative estimate of drug-likeness (QED) is 0.566. The van der Waals surface area contributed by atoms with Gasteiger partial charge in [0.05, 0.1) is 12.3 Å². The average Bonchev–Trinajstić information content (AvgIpc) is 2.23. The van der Waals surface area contributed by atoms with Crippen LogP contribution in [0.25, 0.3) is 0 Å². The van der Waals surface area contributed by atoms with Crippen LogP contribution in [0.2, 0.25) is 0 Å². The predicted octanol–water partition coefficient (Wildman–Crippen LogP) is -0.818. The molecule has 0 aliphatic carbocycles. The summed E-state index contributed by atoms with van der Waals surface area (Å²) in [5, 5.41) is 5.94. The maximum Gasteiger partial charge on any atom is 0.237 e. The molecule has 3 N–H and O–H groups in total. The van der Waals surface area contributed by atoms with E-state index in [9.17, 15) is 13.2 Å². The fourth-order valence-corrected chi connectivity index (χ4v) is 2.36. The first-order chi connectivity index (χ1) is 7.88. The predicted molar refractivity (Wildman–Crippen MR) is 66.1 cm³/mol. The maximum atomic E-state index is 11.7. The molecule has 6 nitrogen and oxygen atoms in total. The summed E-state index contributed by atoms with van der Waals surface area (Å²) in [6.07, 6.45) is 4.09. The van der Waals surface area contributed by atoms with Gasteiger partial charge in [-0.25, -0.2) is 13.1 Å². The van der Waals surface area contributed by atoms with Gasteiger partial charge in [-0.15, -0.1) is 0 Å². The summed E-state index contributed by atoms with van der Waals surface area (Å²) in [6.45, 7) is 2.61. The van der Waals surface area contributed by atoms with Gasteiger partial charge < -0.3 is 10.6 Å². The molecule has 100 valence electrons. The van der Waals surface area contributed by atoms with Crippen LogP contribution >= 0.6 is 0 Å². The van der Waals surface area contributed by atoms with Crippen molar-refractivity contribution in [3.05, 3.63) is 0 Å². The van der Waals surface area contributed by atoms with Crippen molar-refractivity contribution in [3.63, 3.8) is 0 Å². The van der Waals surface area contributed by atoms with Crippen LogP contribution in [0, 0.1) is 0 Å². The molecule has 1 amide bonds. The number of nitrogens with one attached hydrogen (secondary N) is 3. The van der Waals surface area contributed by atoms with Crippen LogP contribution in [0.1, 0.15) is 26.2 Å². The Morgan fingerprint density at radius 1 is 1.35 bits per heavy atom. The maximum absolute atomic E-state index is 11.7. The van der Waals surface area contributed by atoms with Crippen molar-refractivity contribution in [2.24, 2.45) is 0 Å². The second-order valence-corrected chi connectivity index (χ2v) is 6.34. The number of sulfonamides is 1. The van der Waals surface area contributed by atoms with Crippen LogP contribution in [-0.4, -0.2) is 45.8 Å². The third-order valence-corrected chi connectivity index (χ3v) is 3.45. The molecule has 1 fully saturated rings. The van der Waals surface area contributed by atoms with Crippen LogP contribution < -0.4 is 15.4 Å². The molecule has 0 bridgehead atoms. The van der Waals surface area contributed by atoms with E-state index >= 15 is 0 Å². The van der Waals surface area contributed by atoms with Crippen LogP contribution in [0.5, 0.6) is 0 Å². The van der Waals surface area contributed by atoms with E-state index in [1.54, 1.807) is 0 Å². The van der Waals surface area contributed by atoms with Gasteiger partial charge in [-0.05, 0) is 26.2 Å². The molecule has 7 heteroatoms. The molecule has 0 aromatic heterocycles. The Kier molecular flexibility index (Phi) is 5.35. The number of hydrogen-bond acceptors (Lipinski definition) is 4. The average molecular weight is 263 g/mol. The van der Waals surface area contributed by atoms with E-state index in [1.165, 1.54) is 0 Å².